The molecule has 0 spiro atoms. The average Bonchev–Trinajstić information content (AvgIpc) is 2.47. The Morgan fingerprint density at radius 2 is 2.23 bits per heavy atom. The monoisotopic (exact) mass is 325 g/mol. The summed E-state index contributed by atoms with van der Waals surface area (Å²) in [5.41, 5.74) is 0.540. The van der Waals surface area contributed by atoms with Crippen molar-refractivity contribution in [1.29, 1.82) is 5.26 Å². The third-order valence-electron chi connectivity index (χ3n) is 2.66. The smallest absolute Gasteiger partial charge is 0.424 e. The minimum atomic E-state index is -1.49. The fraction of sp³-hybridized carbons (Fsp3) is 0.357. The lowest BCUT2D eigenvalue weighted by Gasteiger charge is -2.18. The zero-order valence-electron chi connectivity index (χ0n) is 12.0. The first-order valence-electron chi connectivity index (χ1n) is 6.61. The SMILES string of the molecule is CCCCOC(=O)N(C(=O)O)c1ccc(NCC#N)cc1Cl. The number of unbranched alkanes of at least 4 members (excludes halogenated alkanes) is 1. The van der Waals surface area contributed by atoms with E-state index in [1.807, 2.05) is 13.0 Å². The number of carbonyl (C=O) groups excluding carboxylic acids is 1. The molecule has 2 N–H and O–H groups in total. The summed E-state index contributed by atoms with van der Waals surface area (Å²) in [5, 5.41) is 20.5. The Hall–Kier alpha value is -2.46. The molecular formula is C14H16ClN3O4. The first kappa shape index (κ1) is 17.6. The molecule has 0 saturated heterocycles. The van der Waals surface area contributed by atoms with E-state index in [1.54, 1.807) is 0 Å². The van der Waals surface area contributed by atoms with E-state index in [2.05, 4.69) is 5.32 Å². The molecule has 1 aromatic carbocycles. The molecule has 7 nitrogen and oxygen atoms in total. The van der Waals surface area contributed by atoms with Crippen LogP contribution in [0, 0.1) is 11.3 Å². The predicted molar refractivity (Wildman–Crippen MR) is 82.3 cm³/mol. The minimum absolute atomic E-state index is 0.00169. The van der Waals surface area contributed by atoms with Crippen molar-refractivity contribution >= 4 is 35.2 Å². The van der Waals surface area contributed by atoms with Gasteiger partial charge in [-0.05, 0) is 24.6 Å². The Balaban J connectivity index is 2.94. The largest absolute Gasteiger partial charge is 0.464 e. The van der Waals surface area contributed by atoms with Crippen molar-refractivity contribution in [2.75, 3.05) is 23.4 Å². The maximum Gasteiger partial charge on any atom is 0.424 e. The Bertz CT molecular complexity index is 586. The fourth-order valence-electron chi connectivity index (χ4n) is 1.59. The molecule has 118 valence electrons. The lowest BCUT2D eigenvalue weighted by atomic mass is 10.2. The third-order valence-corrected chi connectivity index (χ3v) is 2.96. The van der Waals surface area contributed by atoms with E-state index >= 15 is 0 Å². The summed E-state index contributed by atoms with van der Waals surface area (Å²) in [5.74, 6) is 0. The van der Waals surface area contributed by atoms with Crippen LogP contribution in [0.1, 0.15) is 19.8 Å². The van der Waals surface area contributed by atoms with E-state index in [0.29, 0.717) is 17.0 Å². The highest BCUT2D eigenvalue weighted by Crippen LogP contribution is 2.29. The van der Waals surface area contributed by atoms with Crippen molar-refractivity contribution in [3.05, 3.63) is 23.2 Å². The molecule has 2 amide bonds. The van der Waals surface area contributed by atoms with E-state index < -0.39 is 12.2 Å². The Morgan fingerprint density at radius 3 is 2.77 bits per heavy atom. The summed E-state index contributed by atoms with van der Waals surface area (Å²) >= 11 is 6.02. The van der Waals surface area contributed by atoms with Crippen molar-refractivity contribution in [2.45, 2.75) is 19.8 Å². The highest BCUT2D eigenvalue weighted by atomic mass is 35.5. The van der Waals surface area contributed by atoms with Gasteiger partial charge < -0.3 is 15.2 Å². The molecule has 0 aliphatic rings. The maximum absolute atomic E-state index is 11.9. The van der Waals surface area contributed by atoms with Crippen molar-refractivity contribution in [3.8, 4) is 6.07 Å². The van der Waals surface area contributed by atoms with Crippen LogP contribution < -0.4 is 10.2 Å². The number of nitrogens with zero attached hydrogens (tertiary/aromatic N) is 2. The second-order valence-corrected chi connectivity index (χ2v) is 4.67. The molecule has 0 heterocycles. The fourth-order valence-corrected chi connectivity index (χ4v) is 1.85. The molecule has 22 heavy (non-hydrogen) atoms. The molecule has 0 atom stereocenters. The van der Waals surface area contributed by atoms with Crippen LogP contribution in [0.25, 0.3) is 0 Å². The lowest BCUT2D eigenvalue weighted by molar-refractivity contribution is 0.147. The summed E-state index contributed by atoms with van der Waals surface area (Å²) in [6.45, 7) is 2.14. The van der Waals surface area contributed by atoms with Crippen molar-refractivity contribution in [3.63, 3.8) is 0 Å². The zero-order chi connectivity index (χ0) is 16.5. The van der Waals surface area contributed by atoms with Crippen LogP contribution in [0.3, 0.4) is 0 Å². The van der Waals surface area contributed by atoms with Gasteiger partial charge in [-0.2, -0.15) is 10.2 Å². The Kier molecular flexibility index (Phi) is 6.99. The summed E-state index contributed by atoms with van der Waals surface area (Å²) in [7, 11) is 0. The molecule has 8 heteroatoms. The number of ether oxygens (including phenoxy) is 1. The number of imide groups is 1. The van der Waals surface area contributed by atoms with E-state index in [1.165, 1.54) is 18.2 Å². The summed E-state index contributed by atoms with van der Waals surface area (Å²) in [6, 6.07) is 6.23. The van der Waals surface area contributed by atoms with Gasteiger partial charge in [-0.1, -0.05) is 24.9 Å². The molecule has 0 aliphatic carbocycles. The van der Waals surface area contributed by atoms with Crippen molar-refractivity contribution < 1.29 is 19.4 Å². The second kappa shape index (κ2) is 8.74. The quantitative estimate of drug-likeness (QED) is 0.610. The van der Waals surface area contributed by atoms with Gasteiger partial charge in [-0.15, -0.1) is 0 Å². The number of nitriles is 1. The highest BCUT2D eigenvalue weighted by molar-refractivity contribution is 6.35. The van der Waals surface area contributed by atoms with E-state index in [9.17, 15) is 14.7 Å². The van der Waals surface area contributed by atoms with Gasteiger partial charge in [-0.3, -0.25) is 0 Å². The van der Waals surface area contributed by atoms with E-state index in [0.717, 1.165) is 6.42 Å². The first-order valence-corrected chi connectivity index (χ1v) is 6.99. The molecule has 0 bridgehead atoms. The Labute approximate surface area is 133 Å². The lowest BCUT2D eigenvalue weighted by Crippen LogP contribution is -2.36. The van der Waals surface area contributed by atoms with E-state index in [-0.39, 0.29) is 23.9 Å². The number of amides is 2. The van der Waals surface area contributed by atoms with Crippen LogP contribution in [0.4, 0.5) is 21.0 Å². The number of hydrogen-bond acceptors (Lipinski definition) is 5. The van der Waals surface area contributed by atoms with Crippen LogP contribution >= 0.6 is 11.6 Å². The van der Waals surface area contributed by atoms with Crippen LogP contribution in [0.2, 0.25) is 5.02 Å². The third kappa shape index (κ3) is 4.82. The Morgan fingerprint density at radius 1 is 1.50 bits per heavy atom. The average molecular weight is 326 g/mol. The minimum Gasteiger partial charge on any atom is -0.464 e. The molecule has 0 aromatic heterocycles. The normalized spacial score (nSPS) is 9.68. The molecular weight excluding hydrogens is 310 g/mol. The van der Waals surface area contributed by atoms with E-state index in [4.69, 9.17) is 21.6 Å². The number of nitrogens with one attached hydrogen (secondary N) is 1. The molecule has 0 saturated carbocycles. The number of benzene rings is 1. The number of rotatable bonds is 6. The van der Waals surface area contributed by atoms with Gasteiger partial charge in [-0.25, -0.2) is 9.59 Å². The number of anilines is 2. The number of halogens is 1. The summed E-state index contributed by atoms with van der Waals surface area (Å²) in [4.78, 5) is 23.6. The van der Waals surface area contributed by atoms with Crippen LogP contribution in [0.15, 0.2) is 18.2 Å². The molecule has 0 fully saturated rings. The number of hydrogen-bond donors (Lipinski definition) is 2. The number of carboxylic acid groups (broad SMARTS) is 1. The summed E-state index contributed by atoms with van der Waals surface area (Å²) in [6.07, 6.45) is -1.02. The van der Waals surface area contributed by atoms with Crippen molar-refractivity contribution in [1.82, 2.24) is 0 Å². The van der Waals surface area contributed by atoms with Gasteiger partial charge in [0.2, 0.25) is 0 Å². The molecule has 1 aromatic rings. The van der Waals surface area contributed by atoms with Crippen LogP contribution in [0.5, 0.6) is 0 Å². The van der Waals surface area contributed by atoms with Crippen LogP contribution in [-0.2, 0) is 4.74 Å². The topological polar surface area (TPSA) is 103 Å². The van der Waals surface area contributed by atoms with Gasteiger partial charge in [0.25, 0.3) is 0 Å². The first-order chi connectivity index (χ1) is 10.5. The molecule has 0 unspecified atom stereocenters. The number of carbonyl (C=O) groups is 2. The predicted octanol–water partition coefficient (Wildman–Crippen LogP) is 3.70. The maximum atomic E-state index is 11.9. The molecule has 0 aliphatic heterocycles. The molecule has 0 radical (unpaired) electrons. The highest BCUT2D eigenvalue weighted by Gasteiger charge is 2.26. The zero-order valence-corrected chi connectivity index (χ0v) is 12.8. The van der Waals surface area contributed by atoms with Gasteiger partial charge in [0, 0.05) is 5.69 Å². The van der Waals surface area contributed by atoms with Gasteiger partial charge in [0.05, 0.1) is 23.4 Å². The second-order valence-electron chi connectivity index (χ2n) is 4.26. The molecule has 1 rings (SSSR count). The standard InChI is InChI=1S/C14H16ClN3O4/c1-2-3-8-22-14(21)18(13(19)20)12-5-4-10(9-11(12)15)17-7-6-16/h4-5,9,17H,2-3,7-8H2,1H3,(H,19,20). The summed E-state index contributed by atoms with van der Waals surface area (Å²) < 4.78 is 4.90. The van der Waals surface area contributed by atoms with Gasteiger partial charge >= 0.3 is 12.2 Å². The van der Waals surface area contributed by atoms with Crippen LogP contribution in [-0.4, -0.2) is 30.4 Å². The van der Waals surface area contributed by atoms with Gasteiger partial charge in [0.15, 0.2) is 0 Å². The van der Waals surface area contributed by atoms with Gasteiger partial charge in [0.1, 0.15) is 6.54 Å². The van der Waals surface area contributed by atoms with Crippen molar-refractivity contribution in [2.24, 2.45) is 0 Å².